The van der Waals surface area contributed by atoms with Gasteiger partial charge >= 0.3 is 6.18 Å². The number of alkyl halides is 3. The number of aliphatic hydroxyl groups is 1. The fourth-order valence-electron chi connectivity index (χ4n) is 1.43. The van der Waals surface area contributed by atoms with Gasteiger partial charge in [0.05, 0.1) is 0 Å². The zero-order chi connectivity index (χ0) is 10.8. The molecule has 1 rings (SSSR count). The Kier molecular flexibility index (Phi) is 3.39. The summed E-state index contributed by atoms with van der Waals surface area (Å²) in [6.45, 7) is 2.83. The number of rotatable bonds is 3. The van der Waals surface area contributed by atoms with Crippen molar-refractivity contribution in [1.82, 2.24) is 10.6 Å². The average Bonchev–Trinajstić information content (AvgIpc) is 2.47. The Hall–Kier alpha value is -0.330. The number of hydrogen-bond donors (Lipinski definition) is 3. The molecule has 0 aromatic carbocycles. The van der Waals surface area contributed by atoms with Crippen LogP contribution in [0.5, 0.6) is 0 Å². The minimum absolute atomic E-state index is 0.327. The van der Waals surface area contributed by atoms with Crippen molar-refractivity contribution in [2.45, 2.75) is 31.2 Å². The van der Waals surface area contributed by atoms with E-state index in [2.05, 4.69) is 10.6 Å². The van der Waals surface area contributed by atoms with E-state index in [4.69, 9.17) is 5.11 Å². The molecule has 2 unspecified atom stereocenters. The summed E-state index contributed by atoms with van der Waals surface area (Å²) in [5.74, 6) is 0. The molecule has 2 atom stereocenters. The third-order valence-electron chi connectivity index (χ3n) is 2.47. The van der Waals surface area contributed by atoms with Crippen LogP contribution in [-0.2, 0) is 0 Å². The van der Waals surface area contributed by atoms with E-state index < -0.39 is 18.8 Å². The van der Waals surface area contributed by atoms with Gasteiger partial charge in [0.2, 0.25) is 0 Å². The van der Waals surface area contributed by atoms with Gasteiger partial charge in [-0.25, -0.2) is 0 Å². The second kappa shape index (κ2) is 4.04. The van der Waals surface area contributed by atoms with Crippen LogP contribution in [0.2, 0.25) is 0 Å². The highest BCUT2D eigenvalue weighted by atomic mass is 19.4. The molecule has 6 heteroatoms. The van der Waals surface area contributed by atoms with E-state index >= 15 is 0 Å². The first-order chi connectivity index (χ1) is 6.33. The lowest BCUT2D eigenvalue weighted by Gasteiger charge is -2.26. The Morgan fingerprint density at radius 2 is 2.21 bits per heavy atom. The number of β-amino-alcohol motifs (C(OH)–C–C–N with tert-alkyl or cyclic N) is 1. The largest absolute Gasteiger partial charge is 0.415 e. The zero-order valence-corrected chi connectivity index (χ0v) is 7.99. The van der Waals surface area contributed by atoms with Crippen LogP contribution in [0.1, 0.15) is 13.3 Å². The van der Waals surface area contributed by atoms with Crippen molar-refractivity contribution in [3.05, 3.63) is 0 Å². The summed E-state index contributed by atoms with van der Waals surface area (Å²) in [7, 11) is 0. The van der Waals surface area contributed by atoms with Gasteiger partial charge < -0.3 is 15.7 Å². The molecule has 3 N–H and O–H groups in total. The van der Waals surface area contributed by atoms with Crippen LogP contribution in [0.3, 0.4) is 0 Å². The van der Waals surface area contributed by atoms with E-state index in [1.165, 1.54) is 0 Å². The maximum atomic E-state index is 11.9. The van der Waals surface area contributed by atoms with Gasteiger partial charge in [-0.3, -0.25) is 0 Å². The number of aliphatic hydroxyl groups excluding tert-OH is 1. The van der Waals surface area contributed by atoms with Crippen LogP contribution in [0, 0.1) is 0 Å². The third-order valence-corrected chi connectivity index (χ3v) is 2.47. The summed E-state index contributed by atoms with van der Waals surface area (Å²) in [6, 6.07) is 0. The Balaban J connectivity index is 2.33. The highest BCUT2D eigenvalue weighted by Gasteiger charge is 2.39. The summed E-state index contributed by atoms with van der Waals surface area (Å²) in [4.78, 5) is 0. The van der Waals surface area contributed by atoms with Crippen molar-refractivity contribution < 1.29 is 18.3 Å². The molecule has 0 saturated carbocycles. The summed E-state index contributed by atoms with van der Waals surface area (Å²) in [5, 5.41) is 14.5. The van der Waals surface area contributed by atoms with Crippen LogP contribution in [0.25, 0.3) is 0 Å². The van der Waals surface area contributed by atoms with E-state index in [0.717, 1.165) is 13.0 Å². The molecule has 0 bridgehead atoms. The first kappa shape index (κ1) is 11.7. The van der Waals surface area contributed by atoms with Crippen molar-refractivity contribution in [3.63, 3.8) is 0 Å². The van der Waals surface area contributed by atoms with Crippen molar-refractivity contribution in [2.24, 2.45) is 0 Å². The fraction of sp³-hybridized carbons (Fsp3) is 1.00. The summed E-state index contributed by atoms with van der Waals surface area (Å²) in [6.07, 6.45) is -6.03. The average molecular weight is 212 g/mol. The van der Waals surface area contributed by atoms with Gasteiger partial charge in [0.1, 0.15) is 0 Å². The van der Waals surface area contributed by atoms with Gasteiger partial charge in [0, 0.05) is 18.6 Å². The summed E-state index contributed by atoms with van der Waals surface area (Å²) >= 11 is 0. The standard InChI is InChI=1S/C8H15F3N2O/c1-7(2-3-12-5-7)13-4-6(14)8(9,10)11/h6,12-14H,2-5H2,1H3. The minimum Gasteiger partial charge on any atom is -0.382 e. The maximum Gasteiger partial charge on any atom is 0.415 e. The van der Waals surface area contributed by atoms with Gasteiger partial charge in [-0.05, 0) is 19.9 Å². The predicted octanol–water partition coefficient (Wildman–Crippen LogP) is 0.251. The lowest BCUT2D eigenvalue weighted by molar-refractivity contribution is -0.202. The first-order valence-corrected chi connectivity index (χ1v) is 4.54. The van der Waals surface area contributed by atoms with Crippen LogP contribution >= 0.6 is 0 Å². The Labute approximate surface area is 80.7 Å². The predicted molar refractivity (Wildman–Crippen MR) is 46.0 cm³/mol. The van der Waals surface area contributed by atoms with Gasteiger partial charge in [0.15, 0.2) is 6.10 Å². The Morgan fingerprint density at radius 1 is 1.57 bits per heavy atom. The lowest BCUT2D eigenvalue weighted by Crippen LogP contribution is -2.50. The molecule has 1 heterocycles. The van der Waals surface area contributed by atoms with Gasteiger partial charge in [-0.2, -0.15) is 13.2 Å². The van der Waals surface area contributed by atoms with E-state index in [9.17, 15) is 13.2 Å². The maximum absolute atomic E-state index is 11.9. The quantitative estimate of drug-likeness (QED) is 0.628. The first-order valence-electron chi connectivity index (χ1n) is 4.54. The highest BCUT2D eigenvalue weighted by molar-refractivity contribution is 4.92. The summed E-state index contributed by atoms with van der Waals surface area (Å²) < 4.78 is 35.8. The Morgan fingerprint density at radius 3 is 2.64 bits per heavy atom. The van der Waals surface area contributed by atoms with E-state index in [1.54, 1.807) is 0 Å². The SMILES string of the molecule is CC1(NCC(O)C(F)(F)F)CCNC1. The third kappa shape index (κ3) is 3.11. The van der Waals surface area contributed by atoms with Crippen LogP contribution in [0.4, 0.5) is 13.2 Å². The molecule has 0 aliphatic carbocycles. The molecule has 1 saturated heterocycles. The number of nitrogens with one attached hydrogen (secondary N) is 2. The molecule has 84 valence electrons. The molecule has 1 aliphatic heterocycles. The summed E-state index contributed by atoms with van der Waals surface area (Å²) in [5.41, 5.74) is -0.327. The smallest absolute Gasteiger partial charge is 0.382 e. The van der Waals surface area contributed by atoms with Crippen molar-refractivity contribution >= 4 is 0 Å². The van der Waals surface area contributed by atoms with E-state index in [-0.39, 0.29) is 5.54 Å². The second-order valence-electron chi connectivity index (χ2n) is 3.93. The molecule has 0 aromatic heterocycles. The molecule has 1 aliphatic rings. The lowest BCUT2D eigenvalue weighted by atomic mass is 10.0. The van der Waals surface area contributed by atoms with Crippen molar-refractivity contribution in [2.75, 3.05) is 19.6 Å². The number of hydrogen-bond acceptors (Lipinski definition) is 3. The Bertz CT molecular complexity index is 190. The van der Waals surface area contributed by atoms with Crippen molar-refractivity contribution in [1.29, 1.82) is 0 Å². The minimum atomic E-state index is -4.53. The number of halogens is 3. The highest BCUT2D eigenvalue weighted by Crippen LogP contribution is 2.20. The zero-order valence-electron chi connectivity index (χ0n) is 7.99. The van der Waals surface area contributed by atoms with Gasteiger partial charge in [0.25, 0.3) is 0 Å². The molecule has 0 spiro atoms. The van der Waals surface area contributed by atoms with Crippen LogP contribution in [-0.4, -0.2) is 42.6 Å². The van der Waals surface area contributed by atoms with Crippen LogP contribution in [0.15, 0.2) is 0 Å². The van der Waals surface area contributed by atoms with E-state index in [0.29, 0.717) is 6.54 Å². The van der Waals surface area contributed by atoms with Crippen molar-refractivity contribution in [3.8, 4) is 0 Å². The van der Waals surface area contributed by atoms with Crippen LogP contribution < -0.4 is 10.6 Å². The normalized spacial score (nSPS) is 30.6. The second-order valence-corrected chi connectivity index (χ2v) is 3.93. The molecule has 3 nitrogen and oxygen atoms in total. The molecule has 1 fully saturated rings. The fourth-order valence-corrected chi connectivity index (χ4v) is 1.43. The monoisotopic (exact) mass is 212 g/mol. The topological polar surface area (TPSA) is 44.3 Å². The van der Waals surface area contributed by atoms with Gasteiger partial charge in [-0.15, -0.1) is 0 Å². The molecule has 0 aromatic rings. The van der Waals surface area contributed by atoms with Gasteiger partial charge in [-0.1, -0.05) is 0 Å². The molecular formula is C8H15F3N2O. The molecule has 0 radical (unpaired) electrons. The molecular weight excluding hydrogens is 197 g/mol. The van der Waals surface area contributed by atoms with E-state index in [1.807, 2.05) is 6.92 Å². The molecule has 14 heavy (non-hydrogen) atoms. The molecule has 0 amide bonds.